The van der Waals surface area contributed by atoms with Crippen molar-refractivity contribution in [3.05, 3.63) is 157 Å². The number of rotatable bonds is 5. The summed E-state index contributed by atoms with van der Waals surface area (Å²) < 4.78 is 41.1. The van der Waals surface area contributed by atoms with E-state index in [9.17, 15) is 23.7 Å². The predicted octanol–water partition coefficient (Wildman–Crippen LogP) is 8.14. The average molecular weight is 925 g/mol. The van der Waals surface area contributed by atoms with Crippen molar-refractivity contribution >= 4 is 38.9 Å². The van der Waals surface area contributed by atoms with Crippen molar-refractivity contribution in [3.8, 4) is 18.0 Å². The van der Waals surface area contributed by atoms with E-state index in [1.165, 1.54) is 0 Å². The second-order valence-electron chi connectivity index (χ2n) is 13.3. The molecule has 56 heavy (non-hydrogen) atoms. The van der Waals surface area contributed by atoms with Gasteiger partial charge in [-0.2, -0.15) is 43.9 Å². The summed E-state index contributed by atoms with van der Waals surface area (Å²) in [7, 11) is 3.91. The zero-order chi connectivity index (χ0) is 39.1. The van der Waals surface area contributed by atoms with Gasteiger partial charge in [-0.3, -0.25) is 0 Å². The summed E-state index contributed by atoms with van der Waals surface area (Å²) in [5.41, 5.74) is 3.27. The van der Waals surface area contributed by atoms with E-state index in [2.05, 4.69) is 39.3 Å². The molecule has 0 fully saturated rings. The van der Waals surface area contributed by atoms with E-state index in [0.717, 1.165) is 33.7 Å². The predicted molar refractivity (Wildman–Crippen MR) is 200 cm³/mol. The van der Waals surface area contributed by atoms with Crippen molar-refractivity contribution in [2.75, 3.05) is 23.9 Å². The Morgan fingerprint density at radius 2 is 1.50 bits per heavy atom. The summed E-state index contributed by atoms with van der Waals surface area (Å²) in [6, 6.07) is 29.2. The Balaban J connectivity index is 0.000000215. The fourth-order valence-corrected chi connectivity index (χ4v) is 6.14. The minimum Gasteiger partial charge on any atom is -0.578 e. The standard InChI is InChI=1S/C26H15F3N6.C15H14N5.Ir/c1-25(2,22-13-23(34-33-22)26(27,28)29)21-5-4-6-24(32-21)35-19-9-7-15(14-30)11-17(19)18-12-16(31-3)8-10-20(18)35;1-17-3-5-19(11-17)14-7-13(10-16)8-15(9-14)20-6-4-18(2)12-20;/h4-8,10-13H,1-2H3;3-8,11-12H,1-2H3;/q-2;-3;. The van der Waals surface area contributed by atoms with Crippen LogP contribution in [0.4, 0.5) is 30.2 Å². The molecule has 11 nitrogen and oxygen atoms in total. The fraction of sp³-hybridized carbons (Fsp3) is 0.146. The van der Waals surface area contributed by atoms with Crippen LogP contribution in [0, 0.1) is 54.7 Å². The van der Waals surface area contributed by atoms with E-state index in [0.29, 0.717) is 33.8 Å². The zero-order valence-corrected chi connectivity index (χ0v) is 32.6. The third kappa shape index (κ3) is 7.54. The Labute approximate surface area is 334 Å². The molecule has 2 aliphatic heterocycles. The smallest absolute Gasteiger partial charge is 0.431 e. The van der Waals surface area contributed by atoms with E-state index in [4.69, 9.17) is 11.6 Å². The molecular weight excluding hydrogens is 896 g/mol. The van der Waals surface area contributed by atoms with Gasteiger partial charge in [0.2, 0.25) is 0 Å². The van der Waals surface area contributed by atoms with Crippen molar-refractivity contribution in [1.29, 1.82) is 10.5 Å². The second kappa shape index (κ2) is 15.3. The first kappa shape index (κ1) is 39.1. The van der Waals surface area contributed by atoms with Gasteiger partial charge in [0, 0.05) is 37.1 Å². The molecule has 0 N–H and O–H groups in total. The number of fused-ring (bicyclic) bond motifs is 3. The van der Waals surface area contributed by atoms with Gasteiger partial charge < -0.3 is 34.4 Å². The quantitative estimate of drug-likeness (QED) is 0.158. The van der Waals surface area contributed by atoms with Crippen LogP contribution in [0.15, 0.2) is 91.5 Å². The summed E-state index contributed by atoms with van der Waals surface area (Å²) in [5.74, 6) is 0.516. The molecule has 0 spiro atoms. The number of pyridine rings is 1. The van der Waals surface area contributed by atoms with Crippen molar-refractivity contribution in [1.82, 2.24) is 29.5 Å². The second-order valence-corrected chi connectivity index (χ2v) is 13.3. The Morgan fingerprint density at radius 1 is 0.839 bits per heavy atom. The monoisotopic (exact) mass is 925 g/mol. The number of alkyl halides is 3. The number of halogens is 3. The van der Waals surface area contributed by atoms with Crippen molar-refractivity contribution in [2.24, 2.45) is 0 Å². The summed E-state index contributed by atoms with van der Waals surface area (Å²) >= 11 is 0. The van der Waals surface area contributed by atoms with E-state index in [-0.39, 0.29) is 25.8 Å². The molecule has 5 heterocycles. The van der Waals surface area contributed by atoms with Crippen LogP contribution in [-0.4, -0.2) is 38.5 Å². The van der Waals surface area contributed by atoms with Crippen LogP contribution in [0.1, 0.15) is 42.1 Å². The summed E-state index contributed by atoms with van der Waals surface area (Å²) in [6.07, 6.45) is 3.19. The fourth-order valence-electron chi connectivity index (χ4n) is 6.14. The van der Waals surface area contributed by atoms with E-state index < -0.39 is 17.3 Å². The van der Waals surface area contributed by atoms with Gasteiger partial charge in [0.1, 0.15) is 11.5 Å². The molecule has 283 valence electrons. The molecule has 0 saturated heterocycles. The van der Waals surface area contributed by atoms with Crippen molar-refractivity contribution in [2.45, 2.75) is 25.4 Å². The largest absolute Gasteiger partial charge is 0.578 e. The SMILES string of the molecule is CN1C=CN(c2[c-]c(N3C=CN(C)[CH-]3)cc(C#N)c2)[CH-]1.[C-]#[N+]c1ccc2c(c1)c1cc(C#N)c[c-]c1n2-c1cccc(C(C)(C)c2cc(C(F)(F)F)n[n-]2)n1.[Ir]. The number of benzene rings is 3. The van der Waals surface area contributed by atoms with E-state index in [1.807, 2.05) is 88.5 Å². The van der Waals surface area contributed by atoms with Crippen LogP contribution in [0.2, 0.25) is 0 Å². The molecule has 0 aliphatic carbocycles. The van der Waals surface area contributed by atoms with Gasteiger partial charge >= 0.3 is 6.18 Å². The average Bonchev–Trinajstić information content (AvgIpc) is 4.01. The molecule has 15 heteroatoms. The minimum absolute atomic E-state index is 0. The van der Waals surface area contributed by atoms with Crippen molar-refractivity contribution in [3.63, 3.8) is 0 Å². The number of anilines is 2. The minimum atomic E-state index is -4.58. The third-order valence-electron chi connectivity index (χ3n) is 9.05. The molecule has 2 aliphatic rings. The van der Waals surface area contributed by atoms with Crippen LogP contribution >= 0.6 is 0 Å². The Morgan fingerprint density at radius 3 is 2.05 bits per heavy atom. The van der Waals surface area contributed by atoms with Gasteiger partial charge in [-0.05, 0) is 63.2 Å². The topological polar surface area (TPSA) is 110 Å². The number of hydrogen-bond donors (Lipinski definition) is 0. The van der Waals surface area contributed by atoms with Gasteiger partial charge in [0.25, 0.3) is 0 Å². The third-order valence-corrected chi connectivity index (χ3v) is 9.05. The molecular formula is C41H29F3IrN11-5. The Bertz CT molecular complexity index is 2520. The Hall–Kier alpha value is -6.59. The molecule has 3 aromatic heterocycles. The molecule has 0 saturated carbocycles. The first-order valence-electron chi connectivity index (χ1n) is 16.7. The molecule has 6 aromatic rings. The van der Waals surface area contributed by atoms with Crippen LogP contribution in [0.3, 0.4) is 0 Å². The van der Waals surface area contributed by atoms with Crippen LogP contribution in [0.5, 0.6) is 0 Å². The zero-order valence-electron chi connectivity index (χ0n) is 30.2. The van der Waals surface area contributed by atoms with Gasteiger partial charge in [-0.1, -0.05) is 54.1 Å². The maximum atomic E-state index is 13.1. The van der Waals surface area contributed by atoms with Crippen LogP contribution in [0.25, 0.3) is 32.5 Å². The van der Waals surface area contributed by atoms with Gasteiger partial charge in [-0.15, -0.1) is 46.7 Å². The van der Waals surface area contributed by atoms with E-state index >= 15 is 0 Å². The first-order chi connectivity index (χ1) is 26.3. The molecule has 0 amide bonds. The number of nitriles is 2. The summed E-state index contributed by atoms with van der Waals surface area (Å²) in [5, 5.41) is 27.2. The first-order valence-corrected chi connectivity index (χ1v) is 16.7. The number of aromatic nitrogens is 4. The molecule has 1 radical (unpaired) electrons. The maximum absolute atomic E-state index is 13.1. The van der Waals surface area contributed by atoms with Gasteiger partial charge in [-0.25, -0.2) is 15.1 Å². The molecule has 0 atom stereocenters. The molecule has 8 rings (SSSR count). The number of nitrogens with zero attached hydrogens (tertiary/aromatic N) is 11. The molecule has 0 bridgehead atoms. The van der Waals surface area contributed by atoms with Crippen molar-refractivity contribution < 1.29 is 33.3 Å². The number of hydrogen-bond acceptors (Lipinski definition) is 8. The summed E-state index contributed by atoms with van der Waals surface area (Å²) in [6.45, 7) is 14.7. The molecule has 3 aromatic carbocycles. The normalized spacial score (nSPS) is 13.7. The Kier molecular flexibility index (Phi) is 10.7. The van der Waals surface area contributed by atoms with Crippen LogP contribution in [-0.2, 0) is 31.7 Å². The van der Waals surface area contributed by atoms with Gasteiger partial charge in [0.05, 0.1) is 18.3 Å². The van der Waals surface area contributed by atoms with Crippen LogP contribution < -0.4 is 14.9 Å². The van der Waals surface area contributed by atoms with Gasteiger partial charge in [0.15, 0.2) is 5.69 Å². The summed E-state index contributed by atoms with van der Waals surface area (Å²) in [4.78, 5) is 16.1. The maximum Gasteiger partial charge on any atom is 0.431 e. The van der Waals surface area contributed by atoms with E-state index in [1.54, 1.807) is 62.4 Å². The molecule has 0 unspecified atom stereocenters.